The summed E-state index contributed by atoms with van der Waals surface area (Å²) in [6.45, 7) is 0. The third-order valence-electron chi connectivity index (χ3n) is 2.97. The lowest BCUT2D eigenvalue weighted by Gasteiger charge is -2.10. The van der Waals surface area contributed by atoms with Crippen molar-refractivity contribution in [1.29, 1.82) is 0 Å². The number of aromatic nitrogens is 1. The molecule has 0 aromatic carbocycles. The molecule has 0 atom stereocenters. The maximum absolute atomic E-state index is 13.3. The zero-order valence-electron chi connectivity index (χ0n) is 10.6. The highest BCUT2D eigenvalue weighted by molar-refractivity contribution is 7.21. The van der Waals surface area contributed by atoms with Gasteiger partial charge < -0.3 is 10.8 Å². The van der Waals surface area contributed by atoms with E-state index in [2.05, 4.69) is 4.98 Å². The maximum atomic E-state index is 13.3. The van der Waals surface area contributed by atoms with Gasteiger partial charge in [0.25, 0.3) is 0 Å². The van der Waals surface area contributed by atoms with Crippen LogP contribution in [0.2, 0.25) is 0 Å². The van der Waals surface area contributed by atoms with Gasteiger partial charge in [-0.15, -0.1) is 22.7 Å². The Bertz CT molecular complexity index is 870. The summed E-state index contributed by atoms with van der Waals surface area (Å²) < 4.78 is 39.9. The summed E-state index contributed by atoms with van der Waals surface area (Å²) in [7, 11) is 0. The van der Waals surface area contributed by atoms with Crippen molar-refractivity contribution in [3.63, 3.8) is 0 Å². The van der Waals surface area contributed by atoms with E-state index >= 15 is 0 Å². The molecular formula is C13H7F3N2O2S2. The largest absolute Gasteiger partial charge is 0.477 e. The fourth-order valence-corrected chi connectivity index (χ4v) is 3.70. The summed E-state index contributed by atoms with van der Waals surface area (Å²) in [5.41, 5.74) is 4.38. The molecule has 0 radical (unpaired) electrons. The predicted molar refractivity (Wildman–Crippen MR) is 79.3 cm³/mol. The van der Waals surface area contributed by atoms with Crippen LogP contribution >= 0.6 is 22.7 Å². The normalized spacial score (nSPS) is 12.0. The van der Waals surface area contributed by atoms with E-state index in [1.807, 2.05) is 0 Å². The molecule has 22 heavy (non-hydrogen) atoms. The fraction of sp³-hybridized carbons (Fsp3) is 0.0769. The van der Waals surface area contributed by atoms with Gasteiger partial charge in [0.05, 0.1) is 21.8 Å². The second-order valence-corrected chi connectivity index (χ2v) is 6.31. The van der Waals surface area contributed by atoms with Crippen LogP contribution in [0.3, 0.4) is 0 Å². The average Bonchev–Trinajstić information content (AvgIpc) is 3.05. The fourth-order valence-electron chi connectivity index (χ4n) is 2.05. The Morgan fingerprint density at radius 2 is 2.09 bits per heavy atom. The second kappa shape index (κ2) is 4.96. The first-order chi connectivity index (χ1) is 10.3. The van der Waals surface area contributed by atoms with E-state index in [4.69, 9.17) is 10.8 Å². The molecule has 0 aliphatic heterocycles. The molecule has 0 spiro atoms. The van der Waals surface area contributed by atoms with Gasteiger partial charge in [-0.2, -0.15) is 13.2 Å². The van der Waals surface area contributed by atoms with Gasteiger partial charge in [0.2, 0.25) is 0 Å². The number of hydrogen-bond acceptors (Lipinski definition) is 5. The van der Waals surface area contributed by atoms with Crippen LogP contribution in [0.25, 0.3) is 20.8 Å². The molecule has 4 nitrogen and oxygen atoms in total. The number of carbonyl (C=O) groups is 1. The number of pyridine rings is 1. The number of nitrogens with two attached hydrogens (primary N) is 1. The van der Waals surface area contributed by atoms with Crippen LogP contribution in [-0.2, 0) is 6.18 Å². The molecule has 3 aromatic rings. The number of hydrogen-bond donors (Lipinski definition) is 2. The quantitative estimate of drug-likeness (QED) is 0.726. The van der Waals surface area contributed by atoms with Crippen LogP contribution in [0.15, 0.2) is 23.6 Å². The molecule has 3 heterocycles. The third kappa shape index (κ3) is 2.32. The Kier molecular flexibility index (Phi) is 3.33. The smallest absolute Gasteiger partial charge is 0.417 e. The Labute approximate surface area is 129 Å². The summed E-state index contributed by atoms with van der Waals surface area (Å²) >= 11 is 1.89. The minimum atomic E-state index is -4.65. The van der Waals surface area contributed by atoms with E-state index in [0.717, 1.165) is 6.07 Å². The number of halogens is 3. The Balaban J connectivity index is 2.39. The second-order valence-electron chi connectivity index (χ2n) is 4.36. The zero-order chi connectivity index (χ0) is 16.1. The highest BCUT2D eigenvalue weighted by Crippen LogP contribution is 2.43. The minimum Gasteiger partial charge on any atom is -0.477 e. The van der Waals surface area contributed by atoms with Crippen LogP contribution in [-0.4, -0.2) is 16.1 Å². The van der Waals surface area contributed by atoms with Gasteiger partial charge in [-0.25, -0.2) is 9.78 Å². The van der Waals surface area contributed by atoms with E-state index in [-0.39, 0.29) is 20.8 Å². The molecule has 0 unspecified atom stereocenters. The molecule has 0 aliphatic rings. The van der Waals surface area contributed by atoms with Crippen molar-refractivity contribution in [2.24, 2.45) is 0 Å². The van der Waals surface area contributed by atoms with Gasteiger partial charge in [0, 0.05) is 5.39 Å². The minimum absolute atomic E-state index is 0.0341. The molecule has 9 heteroatoms. The lowest BCUT2D eigenvalue weighted by atomic mass is 10.1. The molecule has 114 valence electrons. The number of anilines is 1. The number of rotatable bonds is 2. The zero-order valence-corrected chi connectivity index (χ0v) is 12.3. The first-order valence-electron chi connectivity index (χ1n) is 5.86. The van der Waals surface area contributed by atoms with Gasteiger partial charge in [0.1, 0.15) is 9.71 Å². The molecule has 0 aliphatic carbocycles. The monoisotopic (exact) mass is 344 g/mol. The van der Waals surface area contributed by atoms with Crippen molar-refractivity contribution >= 4 is 44.5 Å². The van der Waals surface area contributed by atoms with Crippen molar-refractivity contribution in [3.8, 4) is 10.6 Å². The van der Waals surface area contributed by atoms with Crippen LogP contribution in [0.4, 0.5) is 18.9 Å². The molecule has 3 aromatic heterocycles. The van der Waals surface area contributed by atoms with Gasteiger partial charge in [-0.05, 0) is 17.5 Å². The highest BCUT2D eigenvalue weighted by atomic mass is 32.1. The van der Waals surface area contributed by atoms with Gasteiger partial charge >= 0.3 is 12.1 Å². The van der Waals surface area contributed by atoms with Crippen molar-refractivity contribution in [1.82, 2.24) is 4.98 Å². The summed E-state index contributed by atoms with van der Waals surface area (Å²) in [6.07, 6.45) is -4.65. The number of carboxylic acids is 1. The summed E-state index contributed by atoms with van der Waals surface area (Å²) in [5, 5.41) is 10.4. The van der Waals surface area contributed by atoms with Gasteiger partial charge in [-0.3, -0.25) is 0 Å². The average molecular weight is 344 g/mol. The van der Waals surface area contributed by atoms with E-state index in [9.17, 15) is 18.0 Å². The van der Waals surface area contributed by atoms with E-state index in [1.165, 1.54) is 11.3 Å². The predicted octanol–water partition coefficient (Wildman–Crippen LogP) is 4.32. The number of alkyl halides is 3. The first kappa shape index (κ1) is 14.8. The first-order valence-corrected chi connectivity index (χ1v) is 7.56. The van der Waals surface area contributed by atoms with Gasteiger partial charge in [-0.1, -0.05) is 6.07 Å². The van der Waals surface area contributed by atoms with Crippen molar-refractivity contribution in [3.05, 3.63) is 34.0 Å². The lowest BCUT2D eigenvalue weighted by molar-refractivity contribution is -0.136. The number of nitrogen functional groups attached to an aromatic ring is 1. The summed E-state index contributed by atoms with van der Waals surface area (Å²) in [4.78, 5) is 15.4. The lowest BCUT2D eigenvalue weighted by Crippen LogP contribution is -2.07. The molecule has 3 rings (SSSR count). The molecule has 0 bridgehead atoms. The number of aromatic carboxylic acids is 1. The summed E-state index contributed by atoms with van der Waals surface area (Å²) in [5.74, 6) is -1.37. The SMILES string of the molecule is Nc1c(C(=O)O)sc2nc(-c3cccs3)cc(C(F)(F)F)c12. The number of thiophene rings is 2. The standard InChI is InChI=1S/C13H7F3N2O2S2/c14-13(15,16)5-4-6(7-2-1-3-21-7)18-11-8(5)9(17)10(22-11)12(19)20/h1-4H,17H2,(H,19,20). The Morgan fingerprint density at radius 3 is 2.64 bits per heavy atom. The maximum Gasteiger partial charge on any atom is 0.417 e. The molecule has 3 N–H and O–H groups in total. The summed E-state index contributed by atoms with van der Waals surface area (Å²) in [6, 6.07) is 4.25. The van der Waals surface area contributed by atoms with Crippen molar-refractivity contribution in [2.75, 3.05) is 5.73 Å². The van der Waals surface area contributed by atoms with E-state index in [1.54, 1.807) is 17.5 Å². The van der Waals surface area contributed by atoms with E-state index < -0.39 is 23.4 Å². The van der Waals surface area contributed by atoms with Crippen LogP contribution in [0, 0.1) is 0 Å². The molecule has 0 saturated heterocycles. The van der Waals surface area contributed by atoms with Crippen molar-refractivity contribution < 1.29 is 23.1 Å². The van der Waals surface area contributed by atoms with Crippen LogP contribution < -0.4 is 5.73 Å². The van der Waals surface area contributed by atoms with Gasteiger partial charge in [0.15, 0.2) is 0 Å². The number of carboxylic acid groups (broad SMARTS) is 1. The third-order valence-corrected chi connectivity index (χ3v) is 4.95. The van der Waals surface area contributed by atoms with Crippen molar-refractivity contribution in [2.45, 2.75) is 6.18 Å². The molecule has 0 amide bonds. The number of fused-ring (bicyclic) bond motifs is 1. The molecule has 0 fully saturated rings. The molecular weight excluding hydrogens is 337 g/mol. The van der Waals surface area contributed by atoms with E-state index in [0.29, 0.717) is 16.2 Å². The highest BCUT2D eigenvalue weighted by Gasteiger charge is 2.36. The number of nitrogens with zero attached hydrogens (tertiary/aromatic N) is 1. The van der Waals surface area contributed by atoms with Crippen LogP contribution in [0.5, 0.6) is 0 Å². The van der Waals surface area contributed by atoms with Crippen LogP contribution in [0.1, 0.15) is 15.2 Å². The topological polar surface area (TPSA) is 76.2 Å². The molecule has 0 saturated carbocycles. The Hall–Kier alpha value is -2.13. The Morgan fingerprint density at radius 1 is 1.36 bits per heavy atom.